The number of carbonyl (C=O) groups excluding carboxylic acids is 1. The van der Waals surface area contributed by atoms with Gasteiger partial charge in [-0.2, -0.15) is 5.10 Å². The average molecular weight is 331 g/mol. The van der Waals surface area contributed by atoms with Gasteiger partial charge in [0.2, 0.25) is 0 Å². The van der Waals surface area contributed by atoms with Crippen LogP contribution in [0.15, 0.2) is 90.3 Å². The first-order valence-corrected chi connectivity index (χ1v) is 7.78. The second-order valence-electron chi connectivity index (χ2n) is 5.43. The predicted octanol–water partition coefficient (Wildman–Crippen LogP) is 2.47. The van der Waals surface area contributed by atoms with Crippen LogP contribution in [0.25, 0.3) is 0 Å². The highest BCUT2D eigenvalue weighted by Gasteiger charge is 2.39. The molecule has 0 radical (unpaired) electrons. The summed E-state index contributed by atoms with van der Waals surface area (Å²) in [4.78, 5) is 16.7. The number of hydrogen-bond acceptors (Lipinski definition) is 4. The number of hydrazone groups is 1. The average Bonchev–Trinajstić information content (AvgIpc) is 2.69. The Morgan fingerprint density at radius 1 is 0.960 bits per heavy atom. The van der Waals surface area contributed by atoms with Crippen molar-refractivity contribution in [1.29, 1.82) is 0 Å². The Bertz CT molecular complexity index is 810. The van der Waals surface area contributed by atoms with Crippen molar-refractivity contribution in [2.75, 3.05) is 0 Å². The van der Waals surface area contributed by atoms with Crippen LogP contribution in [-0.4, -0.2) is 22.2 Å². The van der Waals surface area contributed by atoms with Gasteiger partial charge in [-0.1, -0.05) is 66.7 Å². The zero-order valence-electron chi connectivity index (χ0n) is 13.4. The molecule has 124 valence electrons. The van der Waals surface area contributed by atoms with Crippen molar-refractivity contribution in [2.24, 2.45) is 5.10 Å². The van der Waals surface area contributed by atoms with Crippen LogP contribution in [0.3, 0.4) is 0 Å². The summed E-state index contributed by atoms with van der Waals surface area (Å²) in [5.41, 5.74) is 2.26. The number of hydrogen-bond donors (Lipinski definition) is 2. The van der Waals surface area contributed by atoms with E-state index in [2.05, 4.69) is 15.5 Å². The number of aromatic nitrogens is 1. The van der Waals surface area contributed by atoms with Gasteiger partial charge < -0.3 is 5.11 Å². The Morgan fingerprint density at radius 2 is 1.56 bits per heavy atom. The smallest absolute Gasteiger partial charge is 0.281 e. The van der Waals surface area contributed by atoms with E-state index < -0.39 is 11.5 Å². The van der Waals surface area contributed by atoms with Crippen molar-refractivity contribution in [3.63, 3.8) is 0 Å². The molecule has 2 N–H and O–H groups in total. The van der Waals surface area contributed by atoms with Gasteiger partial charge in [-0.25, -0.2) is 5.43 Å². The monoisotopic (exact) mass is 331 g/mol. The minimum absolute atomic E-state index is 0.468. The van der Waals surface area contributed by atoms with E-state index in [-0.39, 0.29) is 0 Å². The van der Waals surface area contributed by atoms with Gasteiger partial charge in [0.05, 0.1) is 6.21 Å². The number of nitrogens with one attached hydrogen (secondary N) is 1. The van der Waals surface area contributed by atoms with Crippen LogP contribution in [0.1, 0.15) is 16.7 Å². The Balaban J connectivity index is 1.90. The van der Waals surface area contributed by atoms with Crippen LogP contribution < -0.4 is 5.43 Å². The highest BCUT2D eigenvalue weighted by atomic mass is 16.3. The van der Waals surface area contributed by atoms with Crippen molar-refractivity contribution >= 4 is 12.1 Å². The SMILES string of the molecule is O=C(NN=Cc1cccnc1)C(O)(c1ccccc1)c1ccccc1. The molecule has 1 amide bonds. The maximum atomic E-state index is 12.8. The fourth-order valence-electron chi connectivity index (χ4n) is 2.49. The predicted molar refractivity (Wildman–Crippen MR) is 95.9 cm³/mol. The van der Waals surface area contributed by atoms with Gasteiger partial charge in [0, 0.05) is 18.0 Å². The molecule has 0 fully saturated rings. The van der Waals surface area contributed by atoms with Crippen molar-refractivity contribution in [2.45, 2.75) is 5.60 Å². The molecule has 0 aliphatic carbocycles. The first-order valence-electron chi connectivity index (χ1n) is 7.78. The van der Waals surface area contributed by atoms with E-state index in [0.29, 0.717) is 11.1 Å². The van der Waals surface area contributed by atoms with Gasteiger partial charge in [0.15, 0.2) is 5.60 Å². The lowest BCUT2D eigenvalue weighted by molar-refractivity contribution is -0.136. The molecule has 1 aromatic heterocycles. The van der Waals surface area contributed by atoms with Crippen LogP contribution in [0.5, 0.6) is 0 Å². The van der Waals surface area contributed by atoms with E-state index >= 15 is 0 Å². The molecular formula is C20H17N3O2. The molecule has 0 spiro atoms. The van der Waals surface area contributed by atoms with Crippen molar-refractivity contribution in [1.82, 2.24) is 10.4 Å². The van der Waals surface area contributed by atoms with Crippen LogP contribution in [0.2, 0.25) is 0 Å². The van der Waals surface area contributed by atoms with Crippen molar-refractivity contribution < 1.29 is 9.90 Å². The molecule has 2 aromatic carbocycles. The molecule has 0 saturated carbocycles. The van der Waals surface area contributed by atoms with Crippen LogP contribution >= 0.6 is 0 Å². The number of benzene rings is 2. The van der Waals surface area contributed by atoms with Crippen LogP contribution in [0.4, 0.5) is 0 Å². The third kappa shape index (κ3) is 3.62. The summed E-state index contributed by atoms with van der Waals surface area (Å²) >= 11 is 0. The maximum absolute atomic E-state index is 12.8. The second kappa shape index (κ2) is 7.51. The van der Waals surface area contributed by atoms with E-state index in [1.54, 1.807) is 67.0 Å². The number of amides is 1. The first kappa shape index (κ1) is 16.5. The molecule has 0 aliphatic rings. The second-order valence-corrected chi connectivity index (χ2v) is 5.43. The van der Waals surface area contributed by atoms with Crippen LogP contribution in [-0.2, 0) is 10.4 Å². The largest absolute Gasteiger partial charge is 0.372 e. The fraction of sp³-hybridized carbons (Fsp3) is 0.0500. The number of carbonyl (C=O) groups is 1. The maximum Gasteiger partial charge on any atom is 0.281 e. The van der Waals surface area contributed by atoms with Gasteiger partial charge in [-0.15, -0.1) is 0 Å². The molecule has 5 heteroatoms. The van der Waals surface area contributed by atoms with E-state index in [1.165, 1.54) is 6.21 Å². The molecule has 0 atom stereocenters. The molecule has 1 heterocycles. The van der Waals surface area contributed by atoms with E-state index in [0.717, 1.165) is 5.56 Å². The van der Waals surface area contributed by atoms with E-state index in [1.807, 2.05) is 18.2 Å². The lowest BCUT2D eigenvalue weighted by atomic mass is 9.85. The standard InChI is InChI=1S/C20H17N3O2/c24-19(23-22-15-16-8-7-13-21-14-16)20(25,17-9-3-1-4-10-17)18-11-5-2-6-12-18/h1-15,25H,(H,23,24). The van der Waals surface area contributed by atoms with Crippen LogP contribution in [0, 0.1) is 0 Å². The van der Waals surface area contributed by atoms with Gasteiger partial charge in [0.1, 0.15) is 0 Å². The summed E-state index contributed by atoms with van der Waals surface area (Å²) in [6.07, 6.45) is 4.75. The summed E-state index contributed by atoms with van der Waals surface area (Å²) in [7, 11) is 0. The van der Waals surface area contributed by atoms with Gasteiger partial charge >= 0.3 is 0 Å². The third-order valence-electron chi connectivity index (χ3n) is 3.78. The summed E-state index contributed by atoms with van der Waals surface area (Å²) in [5, 5.41) is 15.2. The Hall–Kier alpha value is -3.31. The minimum atomic E-state index is -1.84. The van der Waals surface area contributed by atoms with E-state index in [9.17, 15) is 9.90 Å². The topological polar surface area (TPSA) is 74.6 Å². The lowest BCUT2D eigenvalue weighted by Gasteiger charge is -2.27. The van der Waals surface area contributed by atoms with E-state index in [4.69, 9.17) is 0 Å². The van der Waals surface area contributed by atoms with Gasteiger partial charge in [-0.3, -0.25) is 9.78 Å². The Morgan fingerprint density at radius 3 is 2.08 bits per heavy atom. The van der Waals surface area contributed by atoms with Crippen molar-refractivity contribution in [3.8, 4) is 0 Å². The lowest BCUT2D eigenvalue weighted by Crippen LogP contribution is -2.43. The molecule has 25 heavy (non-hydrogen) atoms. The summed E-state index contributed by atoms with van der Waals surface area (Å²) in [6, 6.07) is 21.1. The Kier molecular flexibility index (Phi) is 4.97. The zero-order valence-corrected chi connectivity index (χ0v) is 13.4. The molecular weight excluding hydrogens is 314 g/mol. The quantitative estimate of drug-likeness (QED) is 0.557. The molecule has 3 aromatic rings. The summed E-state index contributed by atoms with van der Waals surface area (Å²) in [6.45, 7) is 0. The fourth-order valence-corrected chi connectivity index (χ4v) is 2.49. The highest BCUT2D eigenvalue weighted by molar-refractivity contribution is 5.91. The molecule has 5 nitrogen and oxygen atoms in total. The number of nitrogens with zero attached hydrogens (tertiary/aromatic N) is 2. The highest BCUT2D eigenvalue weighted by Crippen LogP contribution is 2.29. The zero-order chi connectivity index (χ0) is 17.5. The van der Waals surface area contributed by atoms with Crippen molar-refractivity contribution in [3.05, 3.63) is 102 Å². The number of rotatable bonds is 5. The number of aliphatic hydroxyl groups is 1. The van der Waals surface area contributed by atoms with Gasteiger partial charge in [0.25, 0.3) is 5.91 Å². The minimum Gasteiger partial charge on any atom is -0.372 e. The first-order chi connectivity index (χ1) is 12.2. The summed E-state index contributed by atoms with van der Waals surface area (Å²) < 4.78 is 0. The number of pyridine rings is 1. The third-order valence-corrected chi connectivity index (χ3v) is 3.78. The molecule has 0 bridgehead atoms. The molecule has 0 unspecified atom stereocenters. The normalized spacial score (nSPS) is 11.4. The molecule has 0 saturated heterocycles. The van der Waals surface area contributed by atoms with Gasteiger partial charge in [-0.05, 0) is 17.2 Å². The summed E-state index contributed by atoms with van der Waals surface area (Å²) in [5.74, 6) is -0.634. The molecule has 3 rings (SSSR count). The molecule has 0 aliphatic heterocycles. The Labute approximate surface area is 145 Å².